The number of rotatable bonds is 7. The SMILES string of the molecule is [2H]c1c([2H])c([2H])c(-c2cccc(-c3c([2H])c([2H])c([2H])c([2H])c3[2H])c2-[n+]2[c-]n(-c3cccc(Oc4ccc5c(c4)n(-c4cc(C(C)(C)C)ccn4)c(=O)n5C)c3)c3ccccc32)c([2H])c1[2H]. The molecule has 9 aromatic rings. The summed E-state index contributed by atoms with van der Waals surface area (Å²) in [5, 5.41) is 0. The molecule has 3 aromatic heterocycles. The lowest BCUT2D eigenvalue weighted by Gasteiger charge is -2.19. The zero-order chi connectivity index (χ0) is 46.4. The van der Waals surface area contributed by atoms with Crippen LogP contribution in [0, 0.1) is 6.33 Å². The molecule has 0 aliphatic heterocycles. The van der Waals surface area contributed by atoms with E-state index in [0.29, 0.717) is 45.1 Å². The summed E-state index contributed by atoms with van der Waals surface area (Å²) in [6.45, 7) is 6.28. The molecule has 0 aliphatic carbocycles. The lowest BCUT2D eigenvalue weighted by molar-refractivity contribution is -0.571. The molecule has 0 aliphatic rings. The van der Waals surface area contributed by atoms with E-state index < -0.39 is 60.4 Å². The van der Waals surface area contributed by atoms with E-state index >= 15 is 0 Å². The smallest absolute Gasteiger partial charge is 0.334 e. The first-order valence-electron chi connectivity index (χ1n) is 22.6. The summed E-state index contributed by atoms with van der Waals surface area (Å²) in [5.41, 5.74) is 3.76. The maximum atomic E-state index is 13.6. The lowest BCUT2D eigenvalue weighted by atomic mass is 9.88. The fourth-order valence-corrected chi connectivity index (χ4v) is 6.81. The quantitative estimate of drug-likeness (QED) is 0.121. The van der Waals surface area contributed by atoms with Crippen molar-refractivity contribution in [3.05, 3.63) is 186 Å². The Morgan fingerprint density at radius 2 is 1.38 bits per heavy atom. The topological polar surface area (TPSA) is 57.9 Å². The summed E-state index contributed by atoms with van der Waals surface area (Å²) < 4.78 is 99.4. The number of pyridine rings is 1. The Balaban J connectivity index is 1.22. The summed E-state index contributed by atoms with van der Waals surface area (Å²) in [4.78, 5) is 18.2. The monoisotopic (exact) mass is 727 g/mol. The molecule has 55 heavy (non-hydrogen) atoms. The van der Waals surface area contributed by atoms with Gasteiger partial charge in [0.25, 0.3) is 6.33 Å². The Morgan fingerprint density at radius 3 is 2.09 bits per heavy atom. The second-order valence-electron chi connectivity index (χ2n) is 14.0. The van der Waals surface area contributed by atoms with E-state index in [2.05, 4.69) is 32.1 Å². The Morgan fingerprint density at radius 1 is 0.709 bits per heavy atom. The predicted molar refractivity (Wildman–Crippen MR) is 220 cm³/mol. The van der Waals surface area contributed by atoms with Crippen LogP contribution in [0.15, 0.2) is 168 Å². The highest BCUT2D eigenvalue weighted by Gasteiger charge is 2.21. The van der Waals surface area contributed by atoms with Crippen molar-refractivity contribution in [1.29, 1.82) is 0 Å². The average Bonchev–Trinajstić information content (AvgIpc) is 3.79. The van der Waals surface area contributed by atoms with Gasteiger partial charge in [0.15, 0.2) is 0 Å². The highest BCUT2D eigenvalue weighted by atomic mass is 16.5. The van der Waals surface area contributed by atoms with Gasteiger partial charge in [-0.2, -0.15) is 0 Å². The minimum atomic E-state index is -0.578. The summed E-state index contributed by atoms with van der Waals surface area (Å²) in [6.07, 6.45) is 5.09. The molecule has 7 heteroatoms. The fourth-order valence-electron chi connectivity index (χ4n) is 6.81. The zero-order valence-electron chi connectivity index (χ0n) is 40.4. The molecule has 6 aromatic carbocycles. The van der Waals surface area contributed by atoms with Crippen molar-refractivity contribution in [3.8, 4) is 50.9 Å². The number of benzene rings is 6. The number of nitrogens with zero attached hydrogens (tertiary/aromatic N) is 5. The zero-order valence-corrected chi connectivity index (χ0v) is 30.4. The second kappa shape index (κ2) is 13.5. The number of imidazole rings is 2. The molecule has 0 N–H and O–H groups in total. The van der Waals surface area contributed by atoms with E-state index in [1.807, 2.05) is 36.4 Å². The van der Waals surface area contributed by atoms with Crippen LogP contribution in [0.1, 0.15) is 40.0 Å². The minimum Gasteiger partial charge on any atom is -0.458 e. The van der Waals surface area contributed by atoms with Crippen LogP contribution in [0.2, 0.25) is 0 Å². The molecule has 0 fully saturated rings. The van der Waals surface area contributed by atoms with Crippen LogP contribution in [0.5, 0.6) is 11.5 Å². The first-order valence-corrected chi connectivity index (χ1v) is 17.6. The number of ether oxygens (including phenoxy) is 1. The molecule has 3 heterocycles. The largest absolute Gasteiger partial charge is 0.458 e. The fraction of sp³-hybridized carbons (Fsp3) is 0.104. The molecule has 0 saturated heterocycles. The van der Waals surface area contributed by atoms with Crippen LogP contribution in [0.3, 0.4) is 0 Å². The van der Waals surface area contributed by atoms with Gasteiger partial charge in [0.1, 0.15) is 17.3 Å². The molecule has 0 spiro atoms. The summed E-state index contributed by atoms with van der Waals surface area (Å²) in [6, 6.07) is 23.1. The van der Waals surface area contributed by atoms with Crippen molar-refractivity contribution in [2.75, 3.05) is 0 Å². The number of para-hydroxylation sites is 3. The number of hydrogen-bond acceptors (Lipinski definition) is 3. The van der Waals surface area contributed by atoms with Gasteiger partial charge in [-0.15, -0.1) is 0 Å². The Bertz CT molecular complexity index is 3370. The third-order valence-corrected chi connectivity index (χ3v) is 9.54. The van der Waals surface area contributed by atoms with Crippen LogP contribution in [-0.2, 0) is 12.5 Å². The molecule has 0 saturated carbocycles. The van der Waals surface area contributed by atoms with Gasteiger partial charge in [0, 0.05) is 19.3 Å². The van der Waals surface area contributed by atoms with Crippen LogP contribution in [0.25, 0.3) is 61.5 Å². The van der Waals surface area contributed by atoms with Crippen LogP contribution in [-0.4, -0.2) is 18.7 Å². The van der Waals surface area contributed by atoms with Crippen LogP contribution in [0.4, 0.5) is 0 Å². The highest BCUT2D eigenvalue weighted by Crippen LogP contribution is 2.35. The molecule has 7 nitrogen and oxygen atoms in total. The first kappa shape index (κ1) is 24.3. The third-order valence-electron chi connectivity index (χ3n) is 9.54. The first-order chi connectivity index (χ1) is 30.9. The molecular weight excluding hydrogens is 679 g/mol. The number of hydrogen-bond donors (Lipinski definition) is 0. The van der Waals surface area contributed by atoms with Gasteiger partial charge in [-0.1, -0.05) is 130 Å². The molecule has 0 amide bonds. The lowest BCUT2D eigenvalue weighted by Crippen LogP contribution is -2.31. The molecule has 9 rings (SSSR count). The van der Waals surface area contributed by atoms with Gasteiger partial charge in [0.05, 0.1) is 47.1 Å². The van der Waals surface area contributed by atoms with E-state index in [9.17, 15) is 4.79 Å². The summed E-state index contributed by atoms with van der Waals surface area (Å²) in [7, 11) is 1.71. The Labute approximate surface area is 333 Å². The second-order valence-corrected chi connectivity index (χ2v) is 14.0. The average molecular weight is 728 g/mol. The normalized spacial score (nSPS) is 14.3. The maximum Gasteiger partial charge on any atom is 0.334 e. The molecule has 0 unspecified atom stereocenters. The Kier molecular flexibility index (Phi) is 5.96. The Hall–Kier alpha value is -6.99. The van der Waals surface area contributed by atoms with Crippen molar-refractivity contribution in [3.63, 3.8) is 0 Å². The van der Waals surface area contributed by atoms with Crippen molar-refractivity contribution >= 4 is 22.1 Å². The van der Waals surface area contributed by atoms with E-state index in [1.165, 1.54) is 0 Å². The summed E-state index contributed by atoms with van der Waals surface area (Å²) >= 11 is 0. The van der Waals surface area contributed by atoms with Crippen molar-refractivity contribution < 1.29 is 23.0 Å². The predicted octanol–water partition coefficient (Wildman–Crippen LogP) is 10.2. The number of fused-ring (bicyclic) bond motifs is 2. The molecule has 0 radical (unpaired) electrons. The van der Waals surface area contributed by atoms with E-state index in [1.54, 1.807) is 92.2 Å². The summed E-state index contributed by atoms with van der Waals surface area (Å²) in [5.74, 6) is 1.38. The van der Waals surface area contributed by atoms with Crippen molar-refractivity contribution in [1.82, 2.24) is 18.7 Å². The van der Waals surface area contributed by atoms with E-state index in [-0.39, 0.29) is 39.0 Å². The molecule has 0 atom stereocenters. The van der Waals surface area contributed by atoms with Crippen LogP contribution < -0.4 is 15.0 Å². The number of aryl methyl sites for hydroxylation is 1. The third kappa shape index (κ3) is 6.09. The van der Waals surface area contributed by atoms with Crippen molar-refractivity contribution in [2.24, 2.45) is 7.05 Å². The number of aromatic nitrogens is 5. The standard InChI is InChI=1S/C48H39N5O2/c1-48(2,3)35-27-28-49-45(29-35)53-44-31-38(25-26-41(44)50(4)47(53)54)55-37-20-13-19-36(30-37)51-32-52(43-24-12-11-23-42(43)51)46-39(33-15-7-5-8-16-33)21-14-22-40(46)34-17-9-6-10-18-34/h5-31H,1-4H3/i5D,6D,7D,8D,9D,10D,15D,16D,17D,18D. The highest BCUT2D eigenvalue weighted by molar-refractivity contribution is 5.85. The van der Waals surface area contributed by atoms with Crippen LogP contribution >= 0.6 is 0 Å². The van der Waals surface area contributed by atoms with Gasteiger partial charge < -0.3 is 4.74 Å². The van der Waals surface area contributed by atoms with Gasteiger partial charge in [-0.05, 0) is 75.7 Å². The van der Waals surface area contributed by atoms with Crippen molar-refractivity contribution in [2.45, 2.75) is 26.2 Å². The molecule has 0 bridgehead atoms. The maximum absolute atomic E-state index is 13.6. The molecular formula is C48H39N5O2. The molecule has 268 valence electrons. The van der Waals surface area contributed by atoms with Gasteiger partial charge >= 0.3 is 5.69 Å². The van der Waals surface area contributed by atoms with Gasteiger partial charge in [-0.3, -0.25) is 13.7 Å². The van der Waals surface area contributed by atoms with E-state index in [4.69, 9.17) is 18.4 Å². The minimum absolute atomic E-state index is 0.141. The van der Waals surface area contributed by atoms with Gasteiger partial charge in [-0.25, -0.2) is 14.3 Å². The van der Waals surface area contributed by atoms with E-state index in [0.717, 1.165) is 5.56 Å². The van der Waals surface area contributed by atoms with Gasteiger partial charge in [0.2, 0.25) is 0 Å².